The van der Waals surface area contributed by atoms with E-state index in [9.17, 15) is 4.79 Å². The highest BCUT2D eigenvalue weighted by atomic mass is 79.9. The molecule has 0 saturated heterocycles. The Balaban J connectivity index is 1.76. The van der Waals surface area contributed by atoms with Gasteiger partial charge in [-0.3, -0.25) is 4.79 Å². The number of anilines is 1. The quantitative estimate of drug-likeness (QED) is 0.889. The van der Waals surface area contributed by atoms with Crippen LogP contribution in [0.5, 0.6) is 0 Å². The Labute approximate surface area is 121 Å². The minimum atomic E-state index is -0.0242. The number of carbonyl (C=O) groups is 1. The Hall–Kier alpha value is -1.81. The number of carbonyl (C=O) groups excluding carboxylic acids is 1. The summed E-state index contributed by atoms with van der Waals surface area (Å²) in [5.41, 5.74) is 2.02. The smallest absolute Gasteiger partial charge is 0.239 e. The molecule has 0 aliphatic carbocycles. The first-order valence-electron chi connectivity index (χ1n) is 6.04. The molecule has 0 unspecified atom stereocenters. The van der Waals surface area contributed by atoms with Crippen LogP contribution >= 0.6 is 15.9 Å². The molecule has 0 bridgehead atoms. The van der Waals surface area contributed by atoms with E-state index < -0.39 is 0 Å². The maximum absolute atomic E-state index is 11.7. The van der Waals surface area contributed by atoms with Crippen LogP contribution in [0.4, 0.5) is 5.69 Å². The molecular formula is C15H15BrN2O. The molecule has 0 radical (unpaired) electrons. The van der Waals surface area contributed by atoms with Gasteiger partial charge in [-0.05, 0) is 29.8 Å². The van der Waals surface area contributed by atoms with E-state index in [1.165, 1.54) is 0 Å². The van der Waals surface area contributed by atoms with Crippen molar-refractivity contribution in [3.05, 3.63) is 64.6 Å². The largest absolute Gasteiger partial charge is 0.376 e. The summed E-state index contributed by atoms with van der Waals surface area (Å²) in [4.78, 5) is 11.7. The van der Waals surface area contributed by atoms with Crippen LogP contribution in [0.1, 0.15) is 5.56 Å². The van der Waals surface area contributed by atoms with E-state index in [4.69, 9.17) is 0 Å². The van der Waals surface area contributed by atoms with Crippen molar-refractivity contribution in [1.82, 2.24) is 5.32 Å². The number of amides is 1. The molecule has 2 aromatic rings. The minimum Gasteiger partial charge on any atom is -0.376 e. The third kappa shape index (κ3) is 4.75. The van der Waals surface area contributed by atoms with Gasteiger partial charge in [-0.2, -0.15) is 0 Å². The molecular weight excluding hydrogens is 304 g/mol. The Morgan fingerprint density at radius 1 is 1.05 bits per heavy atom. The highest BCUT2D eigenvalue weighted by Gasteiger charge is 2.01. The van der Waals surface area contributed by atoms with Crippen molar-refractivity contribution in [2.45, 2.75) is 6.54 Å². The zero-order valence-corrected chi connectivity index (χ0v) is 12.0. The van der Waals surface area contributed by atoms with E-state index in [1.807, 2.05) is 54.6 Å². The van der Waals surface area contributed by atoms with E-state index in [1.54, 1.807) is 0 Å². The lowest BCUT2D eigenvalue weighted by atomic mass is 10.2. The summed E-state index contributed by atoms with van der Waals surface area (Å²) < 4.78 is 1.02. The lowest BCUT2D eigenvalue weighted by Gasteiger charge is -2.08. The molecule has 4 heteroatoms. The second-order valence-corrected chi connectivity index (χ2v) is 5.04. The Morgan fingerprint density at radius 3 is 2.58 bits per heavy atom. The van der Waals surface area contributed by atoms with Gasteiger partial charge >= 0.3 is 0 Å². The fourth-order valence-electron chi connectivity index (χ4n) is 1.65. The van der Waals surface area contributed by atoms with Gasteiger partial charge in [-0.25, -0.2) is 0 Å². The van der Waals surface area contributed by atoms with E-state index in [-0.39, 0.29) is 12.5 Å². The topological polar surface area (TPSA) is 41.1 Å². The number of hydrogen-bond donors (Lipinski definition) is 2. The van der Waals surface area contributed by atoms with Gasteiger partial charge in [0, 0.05) is 16.7 Å². The Bertz CT molecular complexity index is 543. The van der Waals surface area contributed by atoms with Gasteiger partial charge in [0.15, 0.2) is 0 Å². The minimum absolute atomic E-state index is 0.0242. The van der Waals surface area contributed by atoms with Crippen LogP contribution in [0, 0.1) is 0 Å². The summed E-state index contributed by atoms with van der Waals surface area (Å²) in [6.45, 7) is 0.812. The molecule has 0 spiro atoms. The summed E-state index contributed by atoms with van der Waals surface area (Å²) in [5, 5.41) is 5.94. The first-order valence-corrected chi connectivity index (χ1v) is 6.83. The summed E-state index contributed by atoms with van der Waals surface area (Å²) in [6, 6.07) is 17.6. The summed E-state index contributed by atoms with van der Waals surface area (Å²) in [7, 11) is 0. The molecule has 0 fully saturated rings. The number of para-hydroxylation sites is 1. The van der Waals surface area contributed by atoms with Gasteiger partial charge < -0.3 is 10.6 Å². The number of hydrogen-bond acceptors (Lipinski definition) is 2. The summed E-state index contributed by atoms with van der Waals surface area (Å²) >= 11 is 3.41. The van der Waals surface area contributed by atoms with Gasteiger partial charge in [-0.15, -0.1) is 0 Å². The van der Waals surface area contributed by atoms with Crippen LogP contribution < -0.4 is 10.6 Å². The molecule has 0 aliphatic rings. The van der Waals surface area contributed by atoms with Crippen LogP contribution in [0.15, 0.2) is 59.1 Å². The molecule has 0 heterocycles. The average Bonchev–Trinajstić information content (AvgIpc) is 2.44. The second kappa shape index (κ2) is 6.95. The molecule has 98 valence electrons. The van der Waals surface area contributed by atoms with Crippen molar-refractivity contribution in [3.8, 4) is 0 Å². The fraction of sp³-hybridized carbons (Fsp3) is 0.133. The normalized spacial score (nSPS) is 9.95. The van der Waals surface area contributed by atoms with E-state index in [0.29, 0.717) is 6.54 Å². The lowest BCUT2D eigenvalue weighted by Crippen LogP contribution is -2.29. The van der Waals surface area contributed by atoms with Gasteiger partial charge in [0.25, 0.3) is 0 Å². The van der Waals surface area contributed by atoms with Gasteiger partial charge in [0.2, 0.25) is 5.91 Å². The molecule has 2 N–H and O–H groups in total. The van der Waals surface area contributed by atoms with Crippen LogP contribution in [-0.2, 0) is 11.3 Å². The number of rotatable bonds is 5. The second-order valence-electron chi connectivity index (χ2n) is 4.13. The van der Waals surface area contributed by atoms with Crippen molar-refractivity contribution in [3.63, 3.8) is 0 Å². The Morgan fingerprint density at radius 2 is 1.84 bits per heavy atom. The fourth-order valence-corrected chi connectivity index (χ4v) is 2.10. The van der Waals surface area contributed by atoms with Crippen LogP contribution in [-0.4, -0.2) is 12.5 Å². The molecule has 2 rings (SSSR count). The third-order valence-corrected chi connectivity index (χ3v) is 3.10. The molecule has 1 amide bonds. The maximum Gasteiger partial charge on any atom is 0.239 e. The Kier molecular flexibility index (Phi) is 4.98. The summed E-state index contributed by atoms with van der Waals surface area (Å²) in [5.74, 6) is -0.0242. The zero-order chi connectivity index (χ0) is 13.5. The van der Waals surface area contributed by atoms with Crippen molar-refractivity contribution in [2.24, 2.45) is 0 Å². The predicted octanol–water partition coefficient (Wildman–Crippen LogP) is 3.18. The van der Waals surface area contributed by atoms with Gasteiger partial charge in [0.1, 0.15) is 0 Å². The molecule has 0 saturated carbocycles. The highest BCUT2D eigenvalue weighted by molar-refractivity contribution is 9.10. The van der Waals surface area contributed by atoms with E-state index in [0.717, 1.165) is 15.7 Å². The number of halogens is 1. The van der Waals surface area contributed by atoms with Crippen LogP contribution in [0.2, 0.25) is 0 Å². The highest BCUT2D eigenvalue weighted by Crippen LogP contribution is 2.11. The van der Waals surface area contributed by atoms with E-state index >= 15 is 0 Å². The molecule has 3 nitrogen and oxygen atoms in total. The first kappa shape index (κ1) is 13.6. The van der Waals surface area contributed by atoms with Crippen molar-refractivity contribution in [1.29, 1.82) is 0 Å². The molecule has 0 atom stereocenters. The monoisotopic (exact) mass is 318 g/mol. The standard InChI is InChI=1S/C15H15BrN2O/c16-13-6-4-5-12(9-13)10-18-15(19)11-17-14-7-2-1-3-8-14/h1-9,17H,10-11H2,(H,18,19). The zero-order valence-electron chi connectivity index (χ0n) is 10.4. The number of benzene rings is 2. The lowest BCUT2D eigenvalue weighted by molar-refractivity contribution is -0.119. The number of nitrogens with one attached hydrogen (secondary N) is 2. The van der Waals surface area contributed by atoms with Crippen molar-refractivity contribution >= 4 is 27.5 Å². The molecule has 19 heavy (non-hydrogen) atoms. The van der Waals surface area contributed by atoms with Crippen LogP contribution in [0.3, 0.4) is 0 Å². The van der Waals surface area contributed by atoms with E-state index in [2.05, 4.69) is 26.6 Å². The third-order valence-electron chi connectivity index (χ3n) is 2.61. The summed E-state index contributed by atoms with van der Waals surface area (Å²) in [6.07, 6.45) is 0. The van der Waals surface area contributed by atoms with Gasteiger partial charge in [-0.1, -0.05) is 46.3 Å². The SMILES string of the molecule is O=C(CNc1ccccc1)NCc1cccc(Br)c1. The van der Waals surface area contributed by atoms with Crippen molar-refractivity contribution in [2.75, 3.05) is 11.9 Å². The predicted molar refractivity (Wildman–Crippen MR) is 80.9 cm³/mol. The average molecular weight is 319 g/mol. The van der Waals surface area contributed by atoms with Gasteiger partial charge in [0.05, 0.1) is 6.54 Å². The maximum atomic E-state index is 11.7. The van der Waals surface area contributed by atoms with Crippen molar-refractivity contribution < 1.29 is 4.79 Å². The van der Waals surface area contributed by atoms with Crippen LogP contribution in [0.25, 0.3) is 0 Å². The molecule has 2 aromatic carbocycles. The first-order chi connectivity index (χ1) is 9.24. The molecule has 0 aliphatic heterocycles. The molecule has 0 aromatic heterocycles.